The van der Waals surface area contributed by atoms with E-state index in [-0.39, 0.29) is 29.0 Å². The molecule has 1 saturated heterocycles. The summed E-state index contributed by atoms with van der Waals surface area (Å²) in [5.41, 5.74) is 2.62. The molecule has 0 bridgehead atoms. The summed E-state index contributed by atoms with van der Waals surface area (Å²) in [5, 5.41) is 2.40. The van der Waals surface area contributed by atoms with Gasteiger partial charge in [-0.3, -0.25) is 19.3 Å². The number of carbonyl (C=O) groups is 4. The standard InChI is InChI=1S/C32H26N2O5S3/c35-25(16-20-10-4-1-5-11-20)33-27-30(37)34-28(24(19-41-31(27)34)42-23-17-26(36)40-18-23)32(38)39-29(21-12-6-2-7-13-21)22-14-8-3-9-15-22/h1-15,17,27,29,31H,16,18-19H2,(H,33,35)/t27-,31-/m1/s1. The van der Waals surface area contributed by atoms with Gasteiger partial charge >= 0.3 is 5.97 Å². The van der Waals surface area contributed by atoms with Crippen LogP contribution in [0.1, 0.15) is 22.8 Å². The average molecular weight is 615 g/mol. The fourth-order valence-electron chi connectivity index (χ4n) is 4.99. The van der Waals surface area contributed by atoms with Crippen LogP contribution >= 0.6 is 35.3 Å². The molecule has 3 aliphatic rings. The average Bonchev–Trinajstić information content (AvgIpc) is 3.43. The maximum atomic E-state index is 14.0. The molecule has 42 heavy (non-hydrogen) atoms. The number of hydrogen-bond donors (Lipinski definition) is 1. The van der Waals surface area contributed by atoms with Gasteiger partial charge in [0.2, 0.25) is 11.0 Å². The molecule has 3 aromatic carbocycles. The van der Waals surface area contributed by atoms with Crippen molar-refractivity contribution in [2.75, 3.05) is 11.5 Å². The number of β-lactam (4-membered cyclic amide) rings is 1. The summed E-state index contributed by atoms with van der Waals surface area (Å²) in [5.74, 6) is -0.285. The van der Waals surface area contributed by atoms with Crippen LogP contribution in [0, 0.1) is 0 Å². The fraction of sp³-hybridized carbons (Fsp3) is 0.188. The molecule has 212 valence electrons. The summed E-state index contributed by atoms with van der Waals surface area (Å²) in [7, 11) is 0. The molecule has 2 atom stereocenters. The quantitative estimate of drug-likeness (QED) is 0.264. The van der Waals surface area contributed by atoms with Gasteiger partial charge in [0.05, 0.1) is 6.42 Å². The Kier molecular flexibility index (Phi) is 8.55. The highest BCUT2D eigenvalue weighted by Gasteiger charge is 2.55. The molecule has 0 saturated carbocycles. The number of hydrogen-bond acceptors (Lipinski definition) is 8. The molecular formula is C32H26N2O5S3. The molecule has 1 N–H and O–H groups in total. The Morgan fingerprint density at radius 3 is 2.12 bits per heavy atom. The molecule has 7 nitrogen and oxygen atoms in total. The second-order valence-corrected chi connectivity index (χ2v) is 13.1. The highest BCUT2D eigenvalue weighted by atomic mass is 32.2. The minimum Gasteiger partial charge on any atom is -0.448 e. The molecule has 2 amide bonds. The van der Waals surface area contributed by atoms with Gasteiger partial charge in [-0.2, -0.15) is 0 Å². The van der Waals surface area contributed by atoms with Crippen molar-refractivity contribution < 1.29 is 23.9 Å². The van der Waals surface area contributed by atoms with Gasteiger partial charge in [-0.05, 0) is 16.7 Å². The van der Waals surface area contributed by atoms with Crippen LogP contribution in [0.25, 0.3) is 0 Å². The molecule has 6 rings (SSSR count). The lowest BCUT2D eigenvalue weighted by Gasteiger charge is -2.49. The molecule has 0 aliphatic carbocycles. The van der Waals surface area contributed by atoms with Gasteiger partial charge in [0.1, 0.15) is 17.1 Å². The maximum absolute atomic E-state index is 14.0. The first kappa shape index (κ1) is 28.4. The Balaban J connectivity index is 1.27. The number of esters is 1. The molecular weight excluding hydrogens is 589 g/mol. The number of nitrogens with one attached hydrogen (secondary N) is 1. The second-order valence-electron chi connectivity index (χ2n) is 9.82. The van der Waals surface area contributed by atoms with Gasteiger partial charge in [-0.15, -0.1) is 11.8 Å². The monoisotopic (exact) mass is 614 g/mol. The normalized spacial score (nSPS) is 19.7. The van der Waals surface area contributed by atoms with Crippen LogP contribution in [0.3, 0.4) is 0 Å². The van der Waals surface area contributed by atoms with E-state index in [1.165, 1.54) is 40.2 Å². The minimum atomic E-state index is -0.748. The smallest absolute Gasteiger partial charge is 0.356 e. The van der Waals surface area contributed by atoms with E-state index in [4.69, 9.17) is 4.74 Å². The Hall–Kier alpha value is -3.73. The number of fused-ring (bicyclic) bond motifs is 1. The van der Waals surface area contributed by atoms with Crippen LogP contribution < -0.4 is 5.32 Å². The molecule has 0 spiro atoms. The molecule has 0 radical (unpaired) electrons. The number of benzene rings is 3. The van der Waals surface area contributed by atoms with E-state index in [1.807, 2.05) is 91.0 Å². The largest absolute Gasteiger partial charge is 0.448 e. The van der Waals surface area contributed by atoms with Gasteiger partial charge in [0, 0.05) is 27.4 Å². The molecule has 0 aromatic heterocycles. The van der Waals surface area contributed by atoms with Crippen LogP contribution in [-0.4, -0.2) is 50.7 Å². The number of nitrogens with zero attached hydrogens (tertiary/aromatic N) is 1. The first-order valence-corrected chi connectivity index (χ1v) is 16.2. The molecule has 10 heteroatoms. The van der Waals surface area contributed by atoms with Crippen molar-refractivity contribution in [3.63, 3.8) is 0 Å². The summed E-state index contributed by atoms with van der Waals surface area (Å²) < 4.78 is 6.18. The summed E-state index contributed by atoms with van der Waals surface area (Å²) in [4.78, 5) is 55.2. The zero-order valence-corrected chi connectivity index (χ0v) is 24.8. The van der Waals surface area contributed by atoms with E-state index in [9.17, 15) is 19.2 Å². The number of ether oxygens (including phenoxy) is 1. The number of amides is 2. The fourth-order valence-corrected chi connectivity index (χ4v) is 8.46. The number of carbonyl (C=O) groups excluding carboxylic acids is 4. The van der Waals surface area contributed by atoms with Crippen LogP contribution in [-0.2, 0) is 30.3 Å². The highest BCUT2D eigenvalue weighted by molar-refractivity contribution is 8.17. The summed E-state index contributed by atoms with van der Waals surface area (Å²) in [6.07, 6.45) is 1.04. The number of thioether (sulfide) groups is 3. The second kappa shape index (κ2) is 12.6. The molecule has 0 unspecified atom stereocenters. The van der Waals surface area contributed by atoms with Crippen molar-refractivity contribution in [2.45, 2.75) is 23.9 Å². The zero-order valence-electron chi connectivity index (χ0n) is 22.3. The predicted molar refractivity (Wildman–Crippen MR) is 166 cm³/mol. The zero-order chi connectivity index (χ0) is 29.1. The van der Waals surface area contributed by atoms with E-state index in [0.29, 0.717) is 16.4 Å². The third-order valence-corrected chi connectivity index (χ3v) is 10.6. The van der Waals surface area contributed by atoms with Gasteiger partial charge in [-0.25, -0.2) is 4.79 Å². The van der Waals surface area contributed by atoms with Crippen molar-refractivity contribution in [1.82, 2.24) is 10.2 Å². The summed E-state index contributed by atoms with van der Waals surface area (Å²) in [6.45, 7) is 0. The van der Waals surface area contributed by atoms with Crippen molar-refractivity contribution in [2.24, 2.45) is 0 Å². The van der Waals surface area contributed by atoms with Crippen LogP contribution in [0.15, 0.2) is 113 Å². The van der Waals surface area contributed by atoms with Crippen LogP contribution in [0.2, 0.25) is 0 Å². The van der Waals surface area contributed by atoms with Crippen molar-refractivity contribution in [3.8, 4) is 0 Å². The summed E-state index contributed by atoms with van der Waals surface area (Å²) in [6, 6.07) is 27.5. The lowest BCUT2D eigenvalue weighted by atomic mass is 10.0. The van der Waals surface area contributed by atoms with Crippen LogP contribution in [0.4, 0.5) is 0 Å². The topological polar surface area (TPSA) is 92.8 Å². The first-order chi connectivity index (χ1) is 20.5. The minimum absolute atomic E-state index is 0.0296. The van der Waals surface area contributed by atoms with E-state index in [0.717, 1.165) is 21.6 Å². The third kappa shape index (κ3) is 6.06. The lowest BCUT2D eigenvalue weighted by molar-refractivity contribution is -0.154. The first-order valence-electron chi connectivity index (χ1n) is 13.3. The van der Waals surface area contributed by atoms with Crippen LogP contribution in [0.5, 0.6) is 0 Å². The van der Waals surface area contributed by atoms with E-state index in [1.54, 1.807) is 6.08 Å². The van der Waals surface area contributed by atoms with E-state index < -0.39 is 23.5 Å². The Morgan fingerprint density at radius 1 is 0.905 bits per heavy atom. The predicted octanol–water partition coefficient (Wildman–Crippen LogP) is 5.06. The summed E-state index contributed by atoms with van der Waals surface area (Å²) >= 11 is 4.03. The number of rotatable bonds is 9. The third-order valence-electron chi connectivity index (χ3n) is 6.97. The van der Waals surface area contributed by atoms with Crippen molar-refractivity contribution in [1.29, 1.82) is 0 Å². The van der Waals surface area contributed by atoms with Crippen molar-refractivity contribution >= 4 is 58.2 Å². The molecule has 1 fully saturated rings. The van der Waals surface area contributed by atoms with E-state index in [2.05, 4.69) is 5.32 Å². The van der Waals surface area contributed by atoms with Gasteiger partial charge < -0.3 is 10.1 Å². The Bertz CT molecular complexity index is 1540. The van der Waals surface area contributed by atoms with Gasteiger partial charge in [0.15, 0.2) is 6.10 Å². The van der Waals surface area contributed by atoms with Gasteiger partial charge in [-0.1, -0.05) is 115 Å². The maximum Gasteiger partial charge on any atom is 0.356 e. The highest BCUT2D eigenvalue weighted by Crippen LogP contribution is 2.47. The van der Waals surface area contributed by atoms with Gasteiger partial charge in [0.25, 0.3) is 5.91 Å². The van der Waals surface area contributed by atoms with Crippen molar-refractivity contribution in [3.05, 3.63) is 129 Å². The molecule has 3 aromatic rings. The SMILES string of the molecule is O=C(Cc1ccccc1)N[C@@H]1C(=O)N2C(C(=O)OC(c3ccccc3)c3ccccc3)=C(SC3=CC(=O)SC3)CS[C@H]12. The molecule has 3 heterocycles. The molecule has 3 aliphatic heterocycles. The Labute approximate surface area is 256 Å². The lowest BCUT2D eigenvalue weighted by Crippen LogP contribution is -2.70. The Morgan fingerprint density at radius 2 is 1.52 bits per heavy atom. The van der Waals surface area contributed by atoms with E-state index >= 15 is 0 Å².